The molecule has 1 aromatic rings. The van der Waals surface area contributed by atoms with Crippen molar-refractivity contribution in [3.05, 3.63) is 29.3 Å². The zero-order valence-corrected chi connectivity index (χ0v) is 19.4. The van der Waals surface area contributed by atoms with Crippen LogP contribution < -0.4 is 27.9 Å². The number of nitrogens with zero attached hydrogens (tertiary/aromatic N) is 4. The van der Waals surface area contributed by atoms with E-state index < -0.39 is 0 Å². The Morgan fingerprint density at radius 2 is 1.34 bits per heavy atom. The summed E-state index contributed by atoms with van der Waals surface area (Å²) in [5, 5.41) is 18.1. The minimum absolute atomic E-state index is 0.00683. The van der Waals surface area contributed by atoms with E-state index in [1.807, 2.05) is 32.0 Å². The van der Waals surface area contributed by atoms with Crippen molar-refractivity contribution in [2.24, 2.45) is 32.1 Å². The molecule has 0 aliphatic rings. The van der Waals surface area contributed by atoms with E-state index in [9.17, 15) is 4.79 Å². The van der Waals surface area contributed by atoms with Crippen LogP contribution >= 0.6 is 0 Å². The first kappa shape index (κ1) is 26.6. The summed E-state index contributed by atoms with van der Waals surface area (Å²) >= 11 is 0. The Morgan fingerprint density at radius 3 is 1.84 bits per heavy atom. The van der Waals surface area contributed by atoms with E-state index in [0.29, 0.717) is 23.5 Å². The fourth-order valence-corrected chi connectivity index (χ4v) is 3.03. The van der Waals surface area contributed by atoms with Gasteiger partial charge in [0.15, 0.2) is 0 Å². The molecule has 10 nitrogen and oxygen atoms in total. The molecular weight excluding hydrogens is 406 g/mol. The Labute approximate surface area is 190 Å². The maximum absolute atomic E-state index is 12.5. The first-order chi connectivity index (χ1) is 15.5. The van der Waals surface area contributed by atoms with E-state index in [0.717, 1.165) is 24.0 Å². The Morgan fingerprint density at radius 1 is 0.844 bits per heavy atom. The van der Waals surface area contributed by atoms with Gasteiger partial charge in [-0.1, -0.05) is 45.4 Å². The third-order valence-corrected chi connectivity index (χ3v) is 4.79. The van der Waals surface area contributed by atoms with Crippen molar-refractivity contribution in [2.75, 3.05) is 5.32 Å². The lowest BCUT2D eigenvalue weighted by Gasteiger charge is -2.11. The molecule has 0 bridgehead atoms. The normalized spacial score (nSPS) is 12.5. The number of carbonyl (C=O) groups excluding carboxylic acids is 1. The van der Waals surface area contributed by atoms with E-state index in [-0.39, 0.29) is 5.91 Å². The van der Waals surface area contributed by atoms with Crippen molar-refractivity contribution in [2.45, 2.75) is 72.1 Å². The molecule has 1 rings (SSSR count). The topological polar surface area (TPSA) is 155 Å². The van der Waals surface area contributed by atoms with Gasteiger partial charge in [0.25, 0.3) is 0 Å². The monoisotopic (exact) mass is 443 g/mol. The Hall–Kier alpha value is -3.43. The lowest BCUT2D eigenvalue weighted by atomic mass is 10.0. The number of hydrogen-bond acceptors (Lipinski definition) is 7. The SMILES string of the molecule is CCCCCCCCCC(=O)Nc1cc(C(C)=NNC=NN)cc(C(C)=NNC=NN)c1. The highest BCUT2D eigenvalue weighted by molar-refractivity contribution is 6.06. The van der Waals surface area contributed by atoms with Gasteiger partial charge in [0.2, 0.25) is 5.91 Å². The van der Waals surface area contributed by atoms with Crippen LogP contribution in [0.5, 0.6) is 0 Å². The number of nitrogens with two attached hydrogens (primary N) is 2. The van der Waals surface area contributed by atoms with E-state index in [1.165, 1.54) is 44.8 Å². The molecule has 0 aromatic heterocycles. The smallest absolute Gasteiger partial charge is 0.224 e. The van der Waals surface area contributed by atoms with Gasteiger partial charge < -0.3 is 17.0 Å². The standard InChI is InChI=1S/C22H37N9O/c1-4-5-6-7-8-9-10-11-22(32)29-21-13-19(17(2)30-27-15-25-23)12-20(14-21)18(3)31-28-16-26-24/h12-16H,4-11,23-24H2,1-3H3,(H,25,27)(H,26,28)(H,29,32). The van der Waals surface area contributed by atoms with Gasteiger partial charge in [0, 0.05) is 23.2 Å². The van der Waals surface area contributed by atoms with Crippen molar-refractivity contribution in [1.82, 2.24) is 10.9 Å². The summed E-state index contributed by atoms with van der Waals surface area (Å²) in [6, 6.07) is 5.66. The summed E-state index contributed by atoms with van der Waals surface area (Å²) in [5.74, 6) is 10.2. The van der Waals surface area contributed by atoms with Gasteiger partial charge in [-0.3, -0.25) is 15.6 Å². The lowest BCUT2D eigenvalue weighted by molar-refractivity contribution is -0.116. The third-order valence-electron chi connectivity index (χ3n) is 4.79. The maximum atomic E-state index is 12.5. The van der Waals surface area contributed by atoms with Crippen LogP contribution in [0, 0.1) is 0 Å². The van der Waals surface area contributed by atoms with Crippen LogP contribution in [0.2, 0.25) is 0 Å². The predicted molar refractivity (Wildman–Crippen MR) is 134 cm³/mol. The molecule has 32 heavy (non-hydrogen) atoms. The molecule has 10 heteroatoms. The minimum atomic E-state index is -0.00683. The molecule has 176 valence electrons. The molecule has 0 atom stereocenters. The summed E-state index contributed by atoms with van der Waals surface area (Å²) < 4.78 is 0. The molecule has 0 aliphatic heterocycles. The molecule has 1 aromatic carbocycles. The summed E-state index contributed by atoms with van der Waals surface area (Å²) in [5.41, 5.74) is 8.98. The van der Waals surface area contributed by atoms with Crippen LogP contribution in [-0.4, -0.2) is 30.0 Å². The van der Waals surface area contributed by atoms with Crippen LogP contribution in [0.15, 0.2) is 38.6 Å². The number of amides is 1. The van der Waals surface area contributed by atoms with Crippen molar-refractivity contribution >= 4 is 35.7 Å². The van der Waals surface area contributed by atoms with Crippen molar-refractivity contribution in [3.8, 4) is 0 Å². The highest BCUT2D eigenvalue weighted by Gasteiger charge is 2.09. The first-order valence-corrected chi connectivity index (χ1v) is 11.0. The van der Waals surface area contributed by atoms with Crippen LogP contribution in [0.4, 0.5) is 5.69 Å². The average Bonchev–Trinajstić information content (AvgIpc) is 2.78. The second-order valence-corrected chi connectivity index (χ2v) is 7.43. The fraction of sp³-hybridized carbons (Fsp3) is 0.500. The van der Waals surface area contributed by atoms with Gasteiger partial charge in [-0.2, -0.15) is 20.4 Å². The van der Waals surface area contributed by atoms with Gasteiger partial charge in [-0.15, -0.1) is 0 Å². The molecule has 0 fully saturated rings. The first-order valence-electron chi connectivity index (χ1n) is 11.0. The Bertz CT molecular complexity index is 767. The molecule has 0 saturated heterocycles. The third kappa shape index (κ3) is 11.1. The second-order valence-electron chi connectivity index (χ2n) is 7.43. The minimum Gasteiger partial charge on any atom is -0.326 e. The number of benzene rings is 1. The molecule has 0 aliphatic carbocycles. The van der Waals surface area contributed by atoms with Gasteiger partial charge in [-0.05, 0) is 38.5 Å². The summed E-state index contributed by atoms with van der Waals surface area (Å²) in [6.45, 7) is 5.89. The number of rotatable bonds is 15. The lowest BCUT2D eigenvalue weighted by Crippen LogP contribution is -2.14. The van der Waals surface area contributed by atoms with Crippen molar-refractivity contribution in [1.29, 1.82) is 0 Å². The molecule has 0 saturated carbocycles. The second kappa shape index (κ2) is 16.3. The predicted octanol–water partition coefficient (Wildman–Crippen LogP) is 3.20. The van der Waals surface area contributed by atoms with E-state index in [4.69, 9.17) is 11.7 Å². The van der Waals surface area contributed by atoms with E-state index >= 15 is 0 Å². The molecule has 1 amide bonds. The molecule has 0 unspecified atom stereocenters. The fourth-order valence-electron chi connectivity index (χ4n) is 3.03. The highest BCUT2D eigenvalue weighted by Crippen LogP contribution is 2.18. The summed E-state index contributed by atoms with van der Waals surface area (Å²) in [6.07, 6.45) is 11.2. The quantitative estimate of drug-likeness (QED) is 0.0925. The maximum Gasteiger partial charge on any atom is 0.224 e. The van der Waals surface area contributed by atoms with Crippen molar-refractivity contribution in [3.63, 3.8) is 0 Å². The van der Waals surface area contributed by atoms with Gasteiger partial charge >= 0.3 is 0 Å². The largest absolute Gasteiger partial charge is 0.326 e. The van der Waals surface area contributed by atoms with Crippen LogP contribution in [0.1, 0.15) is 83.3 Å². The zero-order valence-electron chi connectivity index (χ0n) is 19.4. The number of hydrogen-bond donors (Lipinski definition) is 5. The summed E-state index contributed by atoms with van der Waals surface area (Å²) in [4.78, 5) is 12.5. The number of nitrogens with one attached hydrogen (secondary N) is 3. The number of hydrazone groups is 4. The highest BCUT2D eigenvalue weighted by atomic mass is 16.1. The molecule has 0 heterocycles. The van der Waals surface area contributed by atoms with E-state index in [1.54, 1.807) is 0 Å². The number of carbonyl (C=O) groups is 1. The molecular formula is C22H37N9O. The van der Waals surface area contributed by atoms with Gasteiger partial charge in [0.1, 0.15) is 12.7 Å². The molecule has 0 spiro atoms. The van der Waals surface area contributed by atoms with Crippen molar-refractivity contribution < 1.29 is 4.79 Å². The zero-order chi connectivity index (χ0) is 23.6. The Balaban J connectivity index is 2.87. The molecule has 7 N–H and O–H groups in total. The van der Waals surface area contributed by atoms with Crippen LogP contribution in [0.25, 0.3) is 0 Å². The average molecular weight is 444 g/mol. The number of unbranched alkanes of at least 4 members (excludes halogenated alkanes) is 6. The van der Waals surface area contributed by atoms with Crippen LogP contribution in [0.3, 0.4) is 0 Å². The summed E-state index contributed by atoms with van der Waals surface area (Å²) in [7, 11) is 0. The van der Waals surface area contributed by atoms with Gasteiger partial charge in [0.05, 0.1) is 11.4 Å². The number of anilines is 1. The van der Waals surface area contributed by atoms with Crippen LogP contribution in [-0.2, 0) is 4.79 Å². The Kier molecular flexibility index (Phi) is 13.5. The van der Waals surface area contributed by atoms with Gasteiger partial charge in [-0.25, -0.2) is 0 Å². The van der Waals surface area contributed by atoms with E-state index in [2.05, 4.69) is 43.5 Å². The molecule has 0 radical (unpaired) electrons.